The van der Waals surface area contributed by atoms with E-state index in [1.807, 2.05) is 74.5 Å². The topological polar surface area (TPSA) is 66.4 Å². The van der Waals surface area contributed by atoms with E-state index in [9.17, 15) is 9.59 Å². The molecule has 4 nitrogen and oxygen atoms in total. The molecule has 2 aromatic carbocycles. The van der Waals surface area contributed by atoms with E-state index < -0.39 is 17.4 Å². The van der Waals surface area contributed by atoms with Gasteiger partial charge in [-0.2, -0.15) is 0 Å². The number of hydrogen-bond donors (Lipinski definition) is 2. The molecule has 1 unspecified atom stereocenters. The molecule has 2 rings (SSSR count). The molecular formula is C20H23NO3. The Morgan fingerprint density at radius 3 is 2.08 bits per heavy atom. The number of carboxylic acids is 1. The summed E-state index contributed by atoms with van der Waals surface area (Å²) < 4.78 is 0. The van der Waals surface area contributed by atoms with Crippen LogP contribution < -0.4 is 5.32 Å². The Bertz CT molecular complexity index is 681. The third-order valence-corrected chi connectivity index (χ3v) is 3.99. The lowest BCUT2D eigenvalue weighted by Gasteiger charge is -2.27. The smallest absolute Gasteiger partial charge is 0.305 e. The van der Waals surface area contributed by atoms with Crippen LogP contribution in [0.4, 0.5) is 0 Å². The Labute approximate surface area is 142 Å². The zero-order valence-electron chi connectivity index (χ0n) is 14.0. The third kappa shape index (κ3) is 4.95. The van der Waals surface area contributed by atoms with E-state index in [2.05, 4.69) is 5.32 Å². The lowest BCUT2D eigenvalue weighted by atomic mass is 9.84. The number of carbonyl (C=O) groups is 2. The summed E-state index contributed by atoms with van der Waals surface area (Å²) in [6.07, 6.45) is 0.450. The van der Waals surface area contributed by atoms with Gasteiger partial charge >= 0.3 is 5.97 Å². The third-order valence-electron chi connectivity index (χ3n) is 3.99. The first-order valence-electron chi connectivity index (χ1n) is 8.00. The average molecular weight is 325 g/mol. The van der Waals surface area contributed by atoms with Gasteiger partial charge in [0.15, 0.2) is 0 Å². The normalized spacial score (nSPS) is 12.4. The second-order valence-electron chi connectivity index (χ2n) is 6.58. The van der Waals surface area contributed by atoms with Crippen molar-refractivity contribution in [3.05, 3.63) is 71.8 Å². The van der Waals surface area contributed by atoms with Crippen molar-refractivity contribution < 1.29 is 14.7 Å². The zero-order valence-corrected chi connectivity index (χ0v) is 14.0. The summed E-state index contributed by atoms with van der Waals surface area (Å²) in [6.45, 7) is 3.75. The summed E-state index contributed by atoms with van der Waals surface area (Å²) in [5.41, 5.74) is 1.24. The van der Waals surface area contributed by atoms with Gasteiger partial charge < -0.3 is 10.4 Å². The fourth-order valence-electron chi connectivity index (χ4n) is 2.65. The Kier molecular flexibility index (Phi) is 5.74. The van der Waals surface area contributed by atoms with Gasteiger partial charge in [0, 0.05) is 5.41 Å². The minimum absolute atomic E-state index is 0.142. The molecule has 0 heterocycles. The van der Waals surface area contributed by atoms with Gasteiger partial charge in [-0.25, -0.2) is 0 Å². The van der Waals surface area contributed by atoms with Gasteiger partial charge in [0.05, 0.1) is 12.5 Å². The predicted molar refractivity (Wildman–Crippen MR) is 93.5 cm³/mol. The van der Waals surface area contributed by atoms with E-state index in [1.165, 1.54) is 0 Å². The van der Waals surface area contributed by atoms with E-state index in [1.54, 1.807) is 0 Å². The molecule has 0 saturated carbocycles. The van der Waals surface area contributed by atoms with Gasteiger partial charge in [0.25, 0.3) is 0 Å². The summed E-state index contributed by atoms with van der Waals surface area (Å²) in [7, 11) is 0. The van der Waals surface area contributed by atoms with Crippen molar-refractivity contribution in [2.45, 2.75) is 32.7 Å². The maximum absolute atomic E-state index is 12.7. The standard InChI is InChI=1S/C20H23NO3/c1-20(2,14-15-9-5-3-6-10-15)19(24)21-17(13-18(22)23)16-11-7-4-8-12-16/h3-12,17H,13-14H2,1-2H3,(H,21,24)(H,22,23). The lowest BCUT2D eigenvalue weighted by Crippen LogP contribution is -2.41. The Balaban J connectivity index is 2.12. The molecule has 1 atom stereocenters. The summed E-state index contributed by atoms with van der Waals surface area (Å²) in [4.78, 5) is 23.9. The molecule has 126 valence electrons. The first-order valence-corrected chi connectivity index (χ1v) is 8.00. The van der Waals surface area contributed by atoms with Crippen molar-refractivity contribution in [3.63, 3.8) is 0 Å². The highest BCUT2D eigenvalue weighted by atomic mass is 16.4. The molecule has 0 aromatic heterocycles. The number of amides is 1. The molecule has 0 aliphatic carbocycles. The van der Waals surface area contributed by atoms with Crippen LogP contribution in [0.1, 0.15) is 37.4 Å². The largest absolute Gasteiger partial charge is 0.481 e. The summed E-state index contributed by atoms with van der Waals surface area (Å²) in [5, 5.41) is 12.1. The zero-order chi connectivity index (χ0) is 17.6. The average Bonchev–Trinajstić information content (AvgIpc) is 2.55. The number of nitrogens with one attached hydrogen (secondary N) is 1. The first-order chi connectivity index (χ1) is 11.4. The Morgan fingerprint density at radius 2 is 1.54 bits per heavy atom. The number of carboxylic acid groups (broad SMARTS) is 1. The van der Waals surface area contributed by atoms with Crippen molar-refractivity contribution in [2.75, 3.05) is 0 Å². The van der Waals surface area contributed by atoms with Crippen molar-refractivity contribution in [2.24, 2.45) is 5.41 Å². The molecule has 2 aromatic rings. The highest BCUT2D eigenvalue weighted by Gasteiger charge is 2.30. The number of rotatable bonds is 7. The lowest BCUT2D eigenvalue weighted by molar-refractivity contribution is -0.138. The molecule has 0 fully saturated rings. The molecule has 0 aliphatic rings. The number of benzene rings is 2. The van der Waals surface area contributed by atoms with Crippen LogP contribution in [0.3, 0.4) is 0 Å². The highest BCUT2D eigenvalue weighted by molar-refractivity contribution is 5.83. The summed E-state index contributed by atoms with van der Waals surface area (Å²) in [5.74, 6) is -1.09. The van der Waals surface area contributed by atoms with Gasteiger partial charge in [-0.05, 0) is 17.5 Å². The molecular weight excluding hydrogens is 302 g/mol. The SMILES string of the molecule is CC(C)(Cc1ccccc1)C(=O)NC(CC(=O)O)c1ccccc1. The van der Waals surface area contributed by atoms with E-state index in [-0.39, 0.29) is 12.3 Å². The molecule has 24 heavy (non-hydrogen) atoms. The minimum Gasteiger partial charge on any atom is -0.481 e. The van der Waals surface area contributed by atoms with Crippen LogP contribution in [0.5, 0.6) is 0 Å². The van der Waals surface area contributed by atoms with Crippen LogP contribution in [0.15, 0.2) is 60.7 Å². The number of aliphatic carboxylic acids is 1. The number of hydrogen-bond acceptors (Lipinski definition) is 2. The van der Waals surface area contributed by atoms with E-state index in [0.717, 1.165) is 11.1 Å². The molecule has 2 N–H and O–H groups in total. The van der Waals surface area contributed by atoms with E-state index >= 15 is 0 Å². The van der Waals surface area contributed by atoms with Crippen LogP contribution in [0.2, 0.25) is 0 Å². The van der Waals surface area contributed by atoms with Gasteiger partial charge in [0.1, 0.15) is 0 Å². The van der Waals surface area contributed by atoms with Crippen LogP contribution in [0, 0.1) is 5.41 Å². The van der Waals surface area contributed by atoms with Gasteiger partial charge in [-0.3, -0.25) is 9.59 Å². The minimum atomic E-state index is -0.940. The second kappa shape index (κ2) is 7.77. The fourth-order valence-corrected chi connectivity index (χ4v) is 2.65. The quantitative estimate of drug-likeness (QED) is 0.817. The molecule has 4 heteroatoms. The molecule has 0 spiro atoms. The maximum atomic E-state index is 12.7. The van der Waals surface area contributed by atoms with E-state index in [0.29, 0.717) is 6.42 Å². The van der Waals surface area contributed by atoms with Crippen molar-refractivity contribution in [3.8, 4) is 0 Å². The van der Waals surface area contributed by atoms with Gasteiger partial charge in [0.2, 0.25) is 5.91 Å². The van der Waals surface area contributed by atoms with Gasteiger partial charge in [-0.1, -0.05) is 74.5 Å². The Morgan fingerprint density at radius 1 is 1.00 bits per heavy atom. The van der Waals surface area contributed by atoms with Gasteiger partial charge in [-0.15, -0.1) is 0 Å². The van der Waals surface area contributed by atoms with Crippen LogP contribution in [-0.2, 0) is 16.0 Å². The van der Waals surface area contributed by atoms with Crippen molar-refractivity contribution >= 4 is 11.9 Å². The summed E-state index contributed by atoms with van der Waals surface area (Å²) in [6, 6.07) is 18.5. The maximum Gasteiger partial charge on any atom is 0.305 e. The van der Waals surface area contributed by atoms with Crippen molar-refractivity contribution in [1.29, 1.82) is 0 Å². The molecule has 0 bridgehead atoms. The second-order valence-corrected chi connectivity index (χ2v) is 6.58. The molecule has 0 saturated heterocycles. The fraction of sp³-hybridized carbons (Fsp3) is 0.300. The van der Waals surface area contributed by atoms with Crippen LogP contribution in [0.25, 0.3) is 0 Å². The summed E-state index contributed by atoms with van der Waals surface area (Å²) >= 11 is 0. The number of carbonyl (C=O) groups excluding carboxylic acids is 1. The molecule has 1 amide bonds. The molecule has 0 radical (unpaired) electrons. The first kappa shape index (κ1) is 17.7. The van der Waals surface area contributed by atoms with Crippen LogP contribution >= 0.6 is 0 Å². The predicted octanol–water partition coefficient (Wildman–Crippen LogP) is 3.59. The van der Waals surface area contributed by atoms with Crippen molar-refractivity contribution in [1.82, 2.24) is 5.32 Å². The molecule has 0 aliphatic heterocycles. The monoisotopic (exact) mass is 325 g/mol. The Hall–Kier alpha value is -2.62. The van der Waals surface area contributed by atoms with E-state index in [4.69, 9.17) is 5.11 Å². The van der Waals surface area contributed by atoms with Crippen LogP contribution in [-0.4, -0.2) is 17.0 Å². The highest BCUT2D eigenvalue weighted by Crippen LogP contribution is 2.25.